The third-order valence-electron chi connectivity index (χ3n) is 3.46. The first-order valence-electron chi connectivity index (χ1n) is 6.81. The van der Waals surface area contributed by atoms with Gasteiger partial charge >= 0.3 is 0 Å². The fourth-order valence-electron chi connectivity index (χ4n) is 2.39. The standard InChI is InChI=1S/C17H7BrCl2F3NO/c18-9-7-24(13-4-2-1-3-10(13)19)16(15(20)17(9)25)14-11(22)5-8(21)6-12(14)23/h1-7H. The molecule has 1 heterocycles. The third kappa shape index (κ3) is 3.21. The maximum Gasteiger partial charge on any atom is 0.214 e. The molecule has 2 nitrogen and oxygen atoms in total. The fourth-order valence-corrected chi connectivity index (χ4v) is 3.42. The van der Waals surface area contributed by atoms with Crippen LogP contribution in [0.3, 0.4) is 0 Å². The van der Waals surface area contributed by atoms with E-state index in [0.29, 0.717) is 17.8 Å². The van der Waals surface area contributed by atoms with Crippen LogP contribution in [0.15, 0.2) is 51.9 Å². The van der Waals surface area contributed by atoms with E-state index in [1.807, 2.05) is 0 Å². The Balaban J connectivity index is 2.48. The molecule has 0 fully saturated rings. The van der Waals surface area contributed by atoms with Gasteiger partial charge in [-0.2, -0.15) is 0 Å². The Hall–Kier alpha value is -1.76. The van der Waals surface area contributed by atoms with Crippen LogP contribution in [-0.4, -0.2) is 4.57 Å². The van der Waals surface area contributed by atoms with Crippen molar-refractivity contribution in [2.75, 3.05) is 0 Å². The number of benzene rings is 2. The lowest BCUT2D eigenvalue weighted by Gasteiger charge is -2.18. The average molecular weight is 449 g/mol. The second-order valence-electron chi connectivity index (χ2n) is 5.03. The maximum absolute atomic E-state index is 14.3. The van der Waals surface area contributed by atoms with Crippen molar-refractivity contribution in [2.24, 2.45) is 0 Å². The highest BCUT2D eigenvalue weighted by Gasteiger charge is 2.23. The number of halogens is 6. The van der Waals surface area contributed by atoms with Crippen LogP contribution in [0.4, 0.5) is 13.2 Å². The average Bonchev–Trinajstić information content (AvgIpc) is 2.54. The molecule has 0 saturated carbocycles. The Morgan fingerprint density at radius 2 is 1.60 bits per heavy atom. The summed E-state index contributed by atoms with van der Waals surface area (Å²) in [4.78, 5) is 12.2. The van der Waals surface area contributed by atoms with Crippen molar-refractivity contribution in [3.05, 3.63) is 84.8 Å². The Labute approximate surface area is 158 Å². The second-order valence-corrected chi connectivity index (χ2v) is 6.67. The van der Waals surface area contributed by atoms with E-state index in [1.165, 1.54) is 10.8 Å². The van der Waals surface area contributed by atoms with Gasteiger partial charge in [0, 0.05) is 18.3 Å². The van der Waals surface area contributed by atoms with Crippen molar-refractivity contribution in [1.82, 2.24) is 4.57 Å². The Kier molecular flexibility index (Phi) is 4.95. The normalized spacial score (nSPS) is 11.0. The Morgan fingerprint density at radius 3 is 2.20 bits per heavy atom. The van der Waals surface area contributed by atoms with Crippen molar-refractivity contribution in [2.45, 2.75) is 0 Å². The van der Waals surface area contributed by atoms with Crippen molar-refractivity contribution in [3.63, 3.8) is 0 Å². The Morgan fingerprint density at radius 1 is 1.00 bits per heavy atom. The van der Waals surface area contributed by atoms with E-state index >= 15 is 0 Å². The number of hydrogen-bond donors (Lipinski definition) is 0. The van der Waals surface area contributed by atoms with Gasteiger partial charge in [0.25, 0.3) is 0 Å². The lowest BCUT2D eigenvalue weighted by atomic mass is 10.1. The predicted octanol–water partition coefficient (Wildman–Crippen LogP) is 5.99. The van der Waals surface area contributed by atoms with E-state index in [0.717, 1.165) is 0 Å². The molecule has 0 saturated heterocycles. The summed E-state index contributed by atoms with van der Waals surface area (Å²) in [5, 5.41) is -0.169. The van der Waals surface area contributed by atoms with Crippen molar-refractivity contribution in [1.29, 1.82) is 0 Å². The van der Waals surface area contributed by atoms with E-state index < -0.39 is 33.5 Å². The number of rotatable bonds is 2. The molecular weight excluding hydrogens is 442 g/mol. The van der Waals surface area contributed by atoms with Gasteiger partial charge in [0.15, 0.2) is 0 Å². The zero-order chi connectivity index (χ0) is 18.3. The lowest BCUT2D eigenvalue weighted by molar-refractivity contribution is 0.547. The molecule has 3 aromatic rings. The van der Waals surface area contributed by atoms with Gasteiger partial charge in [0.1, 0.15) is 22.5 Å². The summed E-state index contributed by atoms with van der Waals surface area (Å²) >= 11 is 15.3. The van der Waals surface area contributed by atoms with Gasteiger partial charge in [-0.3, -0.25) is 4.79 Å². The SMILES string of the molecule is O=c1c(Br)cn(-c2ccccc2Cl)c(-c2c(F)cc(F)cc2F)c1Cl. The van der Waals surface area contributed by atoms with Crippen LogP contribution >= 0.6 is 39.1 Å². The zero-order valence-electron chi connectivity index (χ0n) is 12.2. The first-order chi connectivity index (χ1) is 11.8. The van der Waals surface area contributed by atoms with E-state index in [1.54, 1.807) is 24.3 Å². The molecule has 25 heavy (non-hydrogen) atoms. The molecule has 8 heteroatoms. The summed E-state index contributed by atoms with van der Waals surface area (Å²) in [6.07, 6.45) is 1.30. The number of nitrogens with zero attached hydrogens (tertiary/aromatic N) is 1. The summed E-state index contributed by atoms with van der Waals surface area (Å²) < 4.78 is 43.2. The number of hydrogen-bond acceptors (Lipinski definition) is 1. The topological polar surface area (TPSA) is 22.0 Å². The van der Waals surface area contributed by atoms with Crippen molar-refractivity contribution < 1.29 is 13.2 Å². The number of para-hydroxylation sites is 1. The van der Waals surface area contributed by atoms with Crippen molar-refractivity contribution >= 4 is 39.1 Å². The highest BCUT2D eigenvalue weighted by molar-refractivity contribution is 9.10. The van der Waals surface area contributed by atoms with Crippen LogP contribution in [0.25, 0.3) is 16.9 Å². The molecule has 0 aliphatic heterocycles. The molecule has 128 valence electrons. The molecule has 3 rings (SSSR count). The molecule has 0 aliphatic rings. The number of aromatic nitrogens is 1. The van der Waals surface area contributed by atoms with Crippen molar-refractivity contribution in [3.8, 4) is 16.9 Å². The minimum absolute atomic E-state index is 0.0732. The van der Waals surface area contributed by atoms with Gasteiger partial charge in [0.05, 0.1) is 26.4 Å². The first kappa shape index (κ1) is 18.0. The van der Waals surface area contributed by atoms with Crippen LogP contribution in [0.2, 0.25) is 10.0 Å². The Bertz CT molecular complexity index is 1030. The quantitative estimate of drug-likeness (QED) is 0.471. The molecule has 0 atom stereocenters. The summed E-state index contributed by atoms with van der Waals surface area (Å²) in [6.45, 7) is 0. The second kappa shape index (κ2) is 6.86. The monoisotopic (exact) mass is 447 g/mol. The molecular formula is C17H7BrCl2F3NO. The molecule has 2 aromatic carbocycles. The van der Waals surface area contributed by atoms with E-state index in [-0.39, 0.29) is 15.2 Å². The highest BCUT2D eigenvalue weighted by atomic mass is 79.9. The largest absolute Gasteiger partial charge is 0.312 e. The minimum atomic E-state index is -1.19. The van der Waals surface area contributed by atoms with E-state index in [2.05, 4.69) is 15.9 Å². The molecule has 0 radical (unpaired) electrons. The fraction of sp³-hybridized carbons (Fsp3) is 0. The first-order valence-corrected chi connectivity index (χ1v) is 8.36. The molecule has 0 amide bonds. The van der Waals surface area contributed by atoms with Crippen LogP contribution < -0.4 is 5.43 Å². The zero-order valence-corrected chi connectivity index (χ0v) is 15.3. The minimum Gasteiger partial charge on any atom is -0.312 e. The molecule has 0 N–H and O–H groups in total. The van der Waals surface area contributed by atoms with Gasteiger partial charge in [-0.05, 0) is 28.1 Å². The van der Waals surface area contributed by atoms with Gasteiger partial charge in [-0.25, -0.2) is 13.2 Å². The molecule has 0 bridgehead atoms. The molecule has 0 spiro atoms. The van der Waals surface area contributed by atoms with Crippen LogP contribution in [0.1, 0.15) is 0 Å². The van der Waals surface area contributed by atoms with Crippen LogP contribution in [0, 0.1) is 17.5 Å². The van der Waals surface area contributed by atoms with Gasteiger partial charge in [0.2, 0.25) is 5.43 Å². The van der Waals surface area contributed by atoms with Gasteiger partial charge in [-0.1, -0.05) is 35.3 Å². The molecule has 0 unspecified atom stereocenters. The summed E-state index contributed by atoms with van der Waals surface area (Å²) in [5.41, 5.74) is -1.22. The third-order valence-corrected chi connectivity index (χ3v) is 4.70. The van der Waals surface area contributed by atoms with E-state index in [4.69, 9.17) is 23.2 Å². The maximum atomic E-state index is 14.3. The van der Waals surface area contributed by atoms with Gasteiger partial charge < -0.3 is 4.57 Å². The summed E-state index contributed by atoms with van der Waals surface area (Å²) in [7, 11) is 0. The molecule has 1 aromatic heterocycles. The number of pyridine rings is 1. The van der Waals surface area contributed by atoms with Gasteiger partial charge in [-0.15, -0.1) is 0 Å². The predicted molar refractivity (Wildman–Crippen MR) is 95.1 cm³/mol. The highest BCUT2D eigenvalue weighted by Crippen LogP contribution is 2.35. The lowest BCUT2D eigenvalue weighted by Crippen LogP contribution is -2.13. The molecule has 0 aliphatic carbocycles. The van der Waals surface area contributed by atoms with Crippen LogP contribution in [0.5, 0.6) is 0 Å². The summed E-state index contributed by atoms with van der Waals surface area (Å²) in [6, 6.07) is 7.50. The van der Waals surface area contributed by atoms with Crippen LogP contribution in [-0.2, 0) is 0 Å². The van der Waals surface area contributed by atoms with E-state index in [9.17, 15) is 18.0 Å². The summed E-state index contributed by atoms with van der Waals surface area (Å²) in [5.74, 6) is -3.47. The smallest absolute Gasteiger partial charge is 0.214 e.